The lowest BCUT2D eigenvalue weighted by molar-refractivity contribution is -0.123. The first-order chi connectivity index (χ1) is 10.2. The van der Waals surface area contributed by atoms with E-state index in [4.69, 9.17) is 9.68 Å². The van der Waals surface area contributed by atoms with E-state index in [1.165, 1.54) is 12.5 Å². The van der Waals surface area contributed by atoms with Gasteiger partial charge in [-0.3, -0.25) is 9.59 Å². The highest BCUT2D eigenvalue weighted by Gasteiger charge is 2.31. The molecule has 1 N–H and O–H groups in total. The van der Waals surface area contributed by atoms with Crippen molar-refractivity contribution < 1.29 is 14.0 Å². The number of hydrogen-bond acceptors (Lipinski definition) is 4. The molecule has 1 saturated carbocycles. The van der Waals surface area contributed by atoms with E-state index < -0.39 is 17.6 Å². The molecule has 1 atom stereocenters. The van der Waals surface area contributed by atoms with Crippen LogP contribution < -0.4 is 5.32 Å². The highest BCUT2D eigenvalue weighted by Crippen LogP contribution is 2.19. The summed E-state index contributed by atoms with van der Waals surface area (Å²) in [5, 5.41) is 12.0. The molecular weight excluding hydrogens is 268 g/mol. The van der Waals surface area contributed by atoms with Crippen LogP contribution in [0.3, 0.4) is 0 Å². The van der Waals surface area contributed by atoms with Crippen LogP contribution in [0.25, 0.3) is 0 Å². The van der Waals surface area contributed by atoms with Gasteiger partial charge in [-0.1, -0.05) is 26.2 Å². The number of furan rings is 1. The van der Waals surface area contributed by atoms with Crippen LogP contribution in [0.1, 0.15) is 55.3 Å². The average Bonchev–Trinajstić information content (AvgIpc) is 2.98. The number of nitrogens with zero attached hydrogens (tertiary/aromatic N) is 1. The van der Waals surface area contributed by atoms with E-state index in [0.29, 0.717) is 12.2 Å². The van der Waals surface area contributed by atoms with Crippen LogP contribution in [0.15, 0.2) is 16.5 Å². The van der Waals surface area contributed by atoms with Crippen LogP contribution in [0.5, 0.6) is 0 Å². The van der Waals surface area contributed by atoms with E-state index in [1.807, 2.05) is 6.92 Å². The van der Waals surface area contributed by atoms with Crippen molar-refractivity contribution in [1.82, 2.24) is 5.32 Å². The van der Waals surface area contributed by atoms with Gasteiger partial charge in [0.2, 0.25) is 11.7 Å². The Labute approximate surface area is 124 Å². The second kappa shape index (κ2) is 7.07. The highest BCUT2D eigenvalue weighted by molar-refractivity contribution is 6.10. The van der Waals surface area contributed by atoms with Crippen molar-refractivity contribution in [3.05, 3.63) is 23.7 Å². The molecule has 5 nitrogen and oxygen atoms in total. The van der Waals surface area contributed by atoms with Gasteiger partial charge in [-0.25, -0.2) is 0 Å². The number of rotatable bonds is 5. The molecule has 1 amide bonds. The molecule has 21 heavy (non-hydrogen) atoms. The Bertz CT molecular complexity index is 550. The molecule has 1 fully saturated rings. The van der Waals surface area contributed by atoms with Gasteiger partial charge in [0, 0.05) is 12.5 Å². The second-order valence-electron chi connectivity index (χ2n) is 5.39. The molecule has 1 unspecified atom stereocenters. The first-order valence-corrected chi connectivity index (χ1v) is 7.48. The van der Waals surface area contributed by atoms with Gasteiger partial charge in [-0.2, -0.15) is 5.26 Å². The largest absolute Gasteiger partial charge is 0.458 e. The van der Waals surface area contributed by atoms with Gasteiger partial charge >= 0.3 is 0 Å². The fraction of sp³-hybridized carbons (Fsp3) is 0.562. The Kier molecular flexibility index (Phi) is 5.15. The number of ketones is 1. The molecule has 112 valence electrons. The lowest BCUT2D eigenvalue weighted by Gasteiger charge is -2.23. The van der Waals surface area contributed by atoms with Crippen LogP contribution in [-0.4, -0.2) is 17.7 Å². The Morgan fingerprint density at radius 3 is 2.67 bits per heavy atom. The number of aryl methyl sites for hydroxylation is 1. The number of nitriles is 1. The lowest BCUT2D eigenvalue weighted by atomic mass is 9.94. The predicted molar refractivity (Wildman–Crippen MR) is 76.5 cm³/mol. The van der Waals surface area contributed by atoms with Gasteiger partial charge in [0.15, 0.2) is 11.7 Å². The maximum atomic E-state index is 12.2. The second-order valence-corrected chi connectivity index (χ2v) is 5.39. The highest BCUT2D eigenvalue weighted by atomic mass is 16.3. The van der Waals surface area contributed by atoms with Crippen LogP contribution in [0.2, 0.25) is 0 Å². The SMILES string of the molecule is CCc1ccc(C(=O)C(C#N)C(=O)NC2CCCCC2)o1. The summed E-state index contributed by atoms with van der Waals surface area (Å²) in [6, 6.07) is 5.10. The topological polar surface area (TPSA) is 83.1 Å². The molecule has 0 saturated heterocycles. The zero-order valence-electron chi connectivity index (χ0n) is 12.2. The summed E-state index contributed by atoms with van der Waals surface area (Å²) in [6.07, 6.45) is 5.83. The molecule has 5 heteroatoms. The van der Waals surface area contributed by atoms with Crippen molar-refractivity contribution in [3.8, 4) is 6.07 Å². The Morgan fingerprint density at radius 1 is 1.38 bits per heavy atom. The van der Waals surface area contributed by atoms with Gasteiger partial charge in [-0.05, 0) is 25.0 Å². The fourth-order valence-corrected chi connectivity index (χ4v) is 2.61. The molecule has 0 spiro atoms. The van der Waals surface area contributed by atoms with E-state index in [9.17, 15) is 9.59 Å². The average molecular weight is 288 g/mol. The minimum atomic E-state index is -1.33. The van der Waals surface area contributed by atoms with Crippen LogP contribution in [0, 0.1) is 17.2 Å². The van der Waals surface area contributed by atoms with Crippen LogP contribution in [0.4, 0.5) is 0 Å². The molecule has 0 radical (unpaired) electrons. The van der Waals surface area contributed by atoms with E-state index >= 15 is 0 Å². The van der Waals surface area contributed by atoms with Crippen molar-refractivity contribution >= 4 is 11.7 Å². The van der Waals surface area contributed by atoms with Crippen LogP contribution >= 0.6 is 0 Å². The summed E-state index contributed by atoms with van der Waals surface area (Å²) in [6.45, 7) is 1.91. The molecular formula is C16H20N2O3. The number of hydrogen-bond donors (Lipinski definition) is 1. The molecule has 0 aromatic carbocycles. The van der Waals surface area contributed by atoms with Crippen molar-refractivity contribution in [3.63, 3.8) is 0 Å². The number of amides is 1. The van der Waals surface area contributed by atoms with Gasteiger partial charge in [0.1, 0.15) is 5.76 Å². The van der Waals surface area contributed by atoms with Gasteiger partial charge < -0.3 is 9.73 Å². The molecule has 1 heterocycles. The van der Waals surface area contributed by atoms with E-state index in [-0.39, 0.29) is 11.8 Å². The fourth-order valence-electron chi connectivity index (χ4n) is 2.61. The standard InChI is InChI=1S/C16H20N2O3/c1-2-12-8-9-14(21-12)15(19)13(10-17)16(20)18-11-6-4-3-5-7-11/h8-9,11,13H,2-7H2,1H3,(H,18,20). The number of Topliss-reactive ketones (excluding diaryl/α,β-unsaturated/α-hetero) is 1. The summed E-state index contributed by atoms with van der Waals surface area (Å²) >= 11 is 0. The predicted octanol–water partition coefficient (Wildman–Crippen LogP) is 2.61. The molecule has 1 aromatic rings. The molecule has 2 rings (SSSR count). The molecule has 1 aromatic heterocycles. The Morgan fingerprint density at radius 2 is 2.10 bits per heavy atom. The smallest absolute Gasteiger partial charge is 0.245 e. The zero-order valence-corrected chi connectivity index (χ0v) is 12.2. The summed E-state index contributed by atoms with van der Waals surface area (Å²) in [5.41, 5.74) is 0. The minimum Gasteiger partial charge on any atom is -0.458 e. The quantitative estimate of drug-likeness (QED) is 0.667. The zero-order chi connectivity index (χ0) is 15.2. The normalized spacial score (nSPS) is 17.0. The van der Waals surface area contributed by atoms with Gasteiger partial charge in [0.05, 0.1) is 6.07 Å². The molecule has 0 bridgehead atoms. The first kappa shape index (κ1) is 15.3. The van der Waals surface area contributed by atoms with Gasteiger partial charge in [-0.15, -0.1) is 0 Å². The summed E-state index contributed by atoms with van der Waals surface area (Å²) in [5.74, 6) is -1.66. The monoisotopic (exact) mass is 288 g/mol. The molecule has 1 aliphatic carbocycles. The number of carbonyl (C=O) groups is 2. The minimum absolute atomic E-state index is 0.0807. The molecule has 1 aliphatic rings. The van der Waals surface area contributed by atoms with Crippen LogP contribution in [-0.2, 0) is 11.2 Å². The third-order valence-corrected chi connectivity index (χ3v) is 3.86. The summed E-state index contributed by atoms with van der Waals surface area (Å²) in [4.78, 5) is 24.3. The number of carbonyl (C=O) groups excluding carboxylic acids is 2. The summed E-state index contributed by atoms with van der Waals surface area (Å²) in [7, 11) is 0. The van der Waals surface area contributed by atoms with Crippen molar-refractivity contribution in [2.75, 3.05) is 0 Å². The first-order valence-electron chi connectivity index (χ1n) is 7.48. The van der Waals surface area contributed by atoms with E-state index in [1.54, 1.807) is 12.1 Å². The third kappa shape index (κ3) is 3.72. The maximum Gasteiger partial charge on any atom is 0.245 e. The molecule has 0 aliphatic heterocycles. The van der Waals surface area contributed by atoms with E-state index in [2.05, 4.69) is 5.32 Å². The third-order valence-electron chi connectivity index (χ3n) is 3.86. The maximum absolute atomic E-state index is 12.2. The lowest BCUT2D eigenvalue weighted by Crippen LogP contribution is -2.41. The van der Waals surface area contributed by atoms with Crippen molar-refractivity contribution in [2.45, 2.75) is 51.5 Å². The van der Waals surface area contributed by atoms with Crippen molar-refractivity contribution in [1.29, 1.82) is 5.26 Å². The van der Waals surface area contributed by atoms with E-state index in [0.717, 1.165) is 25.7 Å². The summed E-state index contributed by atoms with van der Waals surface area (Å²) < 4.78 is 5.34. The Hall–Kier alpha value is -2.09. The number of nitrogens with one attached hydrogen (secondary N) is 1. The van der Waals surface area contributed by atoms with Crippen molar-refractivity contribution in [2.24, 2.45) is 5.92 Å². The Balaban J connectivity index is 2.02. The van der Waals surface area contributed by atoms with Gasteiger partial charge in [0.25, 0.3) is 0 Å².